The Morgan fingerprint density at radius 3 is 2.71 bits per heavy atom. The summed E-state index contributed by atoms with van der Waals surface area (Å²) in [6, 6.07) is 14.1. The first-order chi connectivity index (χ1) is 11.8. The lowest BCUT2D eigenvalue weighted by atomic mass is 10.0. The van der Waals surface area contributed by atoms with Crippen molar-refractivity contribution in [3.63, 3.8) is 0 Å². The van der Waals surface area contributed by atoms with E-state index in [2.05, 4.69) is 17.4 Å². The molecular weight excluding hydrogens is 302 g/mol. The van der Waals surface area contributed by atoms with Gasteiger partial charge in [0.15, 0.2) is 0 Å². The van der Waals surface area contributed by atoms with Gasteiger partial charge in [-0.05, 0) is 42.5 Å². The van der Waals surface area contributed by atoms with Gasteiger partial charge >= 0.3 is 0 Å². The van der Waals surface area contributed by atoms with E-state index in [9.17, 15) is 5.11 Å². The van der Waals surface area contributed by atoms with Crippen molar-refractivity contribution in [2.45, 2.75) is 31.9 Å². The highest BCUT2D eigenvalue weighted by atomic mass is 16.5. The number of nitrogens with one attached hydrogen (secondary N) is 1. The van der Waals surface area contributed by atoms with E-state index in [-0.39, 0.29) is 0 Å². The minimum atomic E-state index is -0.432. The van der Waals surface area contributed by atoms with E-state index in [1.54, 1.807) is 0 Å². The molecule has 0 aromatic heterocycles. The number of ether oxygens (including phenoxy) is 2. The fraction of sp³-hybridized carbons (Fsp3) is 0.400. The standard InChI is InChI=1S/C20H23NO3/c22-19-10-11-23-20-17(19)2-1-3-18(20)21-12-14-6-8-16(9-7-14)24-13-15-4-5-15/h1-3,6-9,15,19,21-22H,4-5,10-13H2. The summed E-state index contributed by atoms with van der Waals surface area (Å²) in [5.41, 5.74) is 2.98. The van der Waals surface area contributed by atoms with E-state index in [1.165, 1.54) is 18.4 Å². The highest BCUT2D eigenvalue weighted by Crippen LogP contribution is 2.38. The highest BCUT2D eigenvalue weighted by Gasteiger charge is 2.22. The molecule has 0 radical (unpaired) electrons. The van der Waals surface area contributed by atoms with E-state index >= 15 is 0 Å². The molecule has 1 fully saturated rings. The molecule has 0 saturated heterocycles. The maximum atomic E-state index is 10.1. The normalized spacial score (nSPS) is 19.3. The molecule has 1 atom stereocenters. The van der Waals surface area contributed by atoms with Crippen LogP contribution in [0.15, 0.2) is 42.5 Å². The Balaban J connectivity index is 1.38. The summed E-state index contributed by atoms with van der Waals surface area (Å²) in [4.78, 5) is 0. The Bertz CT molecular complexity index is 695. The lowest BCUT2D eigenvalue weighted by molar-refractivity contribution is 0.116. The van der Waals surface area contributed by atoms with Gasteiger partial charge in [0.2, 0.25) is 0 Å². The smallest absolute Gasteiger partial charge is 0.148 e. The molecule has 1 aliphatic heterocycles. The van der Waals surface area contributed by atoms with E-state index < -0.39 is 6.10 Å². The molecule has 0 bridgehead atoms. The van der Waals surface area contributed by atoms with Crippen molar-refractivity contribution in [1.29, 1.82) is 0 Å². The van der Waals surface area contributed by atoms with Crippen molar-refractivity contribution in [2.75, 3.05) is 18.5 Å². The first kappa shape index (κ1) is 15.3. The summed E-state index contributed by atoms with van der Waals surface area (Å²) in [7, 11) is 0. The van der Waals surface area contributed by atoms with Crippen LogP contribution < -0.4 is 14.8 Å². The molecule has 4 heteroatoms. The quantitative estimate of drug-likeness (QED) is 0.845. The minimum absolute atomic E-state index is 0.432. The van der Waals surface area contributed by atoms with Gasteiger partial charge in [-0.25, -0.2) is 0 Å². The third-order valence-corrected chi connectivity index (χ3v) is 4.63. The summed E-state index contributed by atoms with van der Waals surface area (Å²) in [6.07, 6.45) is 2.83. The number of benzene rings is 2. The van der Waals surface area contributed by atoms with Crippen LogP contribution in [0.4, 0.5) is 5.69 Å². The number of hydrogen-bond acceptors (Lipinski definition) is 4. The van der Waals surface area contributed by atoms with Gasteiger partial charge in [-0.3, -0.25) is 0 Å². The molecule has 1 aliphatic carbocycles. The van der Waals surface area contributed by atoms with Crippen LogP contribution >= 0.6 is 0 Å². The van der Waals surface area contributed by atoms with E-state index in [1.807, 2.05) is 30.3 Å². The van der Waals surface area contributed by atoms with Gasteiger partial charge in [-0.2, -0.15) is 0 Å². The first-order valence-electron chi connectivity index (χ1n) is 8.69. The van der Waals surface area contributed by atoms with Crippen LogP contribution in [0.25, 0.3) is 0 Å². The largest absolute Gasteiger partial charge is 0.493 e. The number of aliphatic hydroxyl groups is 1. The zero-order chi connectivity index (χ0) is 16.4. The molecule has 2 aromatic carbocycles. The molecule has 2 aliphatic rings. The Kier molecular flexibility index (Phi) is 4.30. The van der Waals surface area contributed by atoms with Gasteiger partial charge in [0.1, 0.15) is 11.5 Å². The summed E-state index contributed by atoms with van der Waals surface area (Å²) in [5.74, 6) is 2.49. The highest BCUT2D eigenvalue weighted by molar-refractivity contribution is 5.61. The van der Waals surface area contributed by atoms with Crippen LogP contribution in [-0.4, -0.2) is 18.3 Å². The van der Waals surface area contributed by atoms with Crippen LogP contribution in [0.5, 0.6) is 11.5 Å². The van der Waals surface area contributed by atoms with Gasteiger partial charge in [0.05, 0.1) is 25.0 Å². The first-order valence-corrected chi connectivity index (χ1v) is 8.69. The van der Waals surface area contributed by atoms with Crippen molar-refractivity contribution >= 4 is 5.69 Å². The molecule has 0 spiro atoms. The lowest BCUT2D eigenvalue weighted by Gasteiger charge is -2.24. The van der Waals surface area contributed by atoms with Crippen molar-refractivity contribution in [1.82, 2.24) is 0 Å². The number of anilines is 1. The topological polar surface area (TPSA) is 50.7 Å². The van der Waals surface area contributed by atoms with Crippen LogP contribution in [0, 0.1) is 5.92 Å². The van der Waals surface area contributed by atoms with Crippen molar-refractivity contribution < 1.29 is 14.6 Å². The molecule has 1 heterocycles. The second-order valence-corrected chi connectivity index (χ2v) is 6.63. The summed E-state index contributed by atoms with van der Waals surface area (Å²) in [5, 5.41) is 13.5. The average molecular weight is 325 g/mol. The third-order valence-electron chi connectivity index (χ3n) is 4.63. The van der Waals surface area contributed by atoms with Gasteiger partial charge in [0.25, 0.3) is 0 Å². The lowest BCUT2D eigenvalue weighted by Crippen LogP contribution is -2.15. The molecule has 0 amide bonds. The fourth-order valence-electron chi connectivity index (χ4n) is 2.95. The molecule has 2 N–H and O–H groups in total. The zero-order valence-corrected chi connectivity index (χ0v) is 13.7. The zero-order valence-electron chi connectivity index (χ0n) is 13.7. The molecule has 1 unspecified atom stereocenters. The second-order valence-electron chi connectivity index (χ2n) is 6.63. The van der Waals surface area contributed by atoms with Gasteiger partial charge in [0, 0.05) is 18.5 Å². The van der Waals surface area contributed by atoms with Crippen molar-refractivity contribution in [3.8, 4) is 11.5 Å². The molecule has 126 valence electrons. The number of hydrogen-bond donors (Lipinski definition) is 2. The van der Waals surface area contributed by atoms with Crippen LogP contribution in [0.3, 0.4) is 0 Å². The monoisotopic (exact) mass is 325 g/mol. The average Bonchev–Trinajstić information content (AvgIpc) is 3.44. The summed E-state index contributed by atoms with van der Waals surface area (Å²) < 4.78 is 11.5. The Morgan fingerprint density at radius 1 is 1.08 bits per heavy atom. The fourth-order valence-corrected chi connectivity index (χ4v) is 2.95. The Morgan fingerprint density at radius 2 is 1.92 bits per heavy atom. The SMILES string of the molecule is OC1CCOc2c(NCc3ccc(OCC4CC4)cc3)cccc21. The van der Waals surface area contributed by atoms with E-state index in [0.29, 0.717) is 19.6 Å². The minimum Gasteiger partial charge on any atom is -0.493 e. The van der Waals surface area contributed by atoms with Gasteiger partial charge in [-0.1, -0.05) is 24.3 Å². The van der Waals surface area contributed by atoms with Crippen LogP contribution in [0.1, 0.15) is 36.5 Å². The summed E-state index contributed by atoms with van der Waals surface area (Å²) in [6.45, 7) is 2.10. The maximum absolute atomic E-state index is 10.1. The Labute approximate surface area is 142 Å². The molecular formula is C20H23NO3. The number of rotatable bonds is 6. The maximum Gasteiger partial charge on any atom is 0.148 e. The third kappa shape index (κ3) is 3.49. The van der Waals surface area contributed by atoms with Gasteiger partial charge in [-0.15, -0.1) is 0 Å². The summed E-state index contributed by atoms with van der Waals surface area (Å²) >= 11 is 0. The number of para-hydroxylation sites is 1. The van der Waals surface area contributed by atoms with Gasteiger partial charge < -0.3 is 19.9 Å². The number of aliphatic hydroxyl groups excluding tert-OH is 1. The molecule has 24 heavy (non-hydrogen) atoms. The second kappa shape index (κ2) is 6.73. The predicted molar refractivity (Wildman–Crippen MR) is 93.5 cm³/mol. The molecule has 4 nitrogen and oxygen atoms in total. The predicted octanol–water partition coefficient (Wildman–Crippen LogP) is 3.90. The number of fused-ring (bicyclic) bond motifs is 1. The van der Waals surface area contributed by atoms with E-state index in [4.69, 9.17) is 9.47 Å². The van der Waals surface area contributed by atoms with Crippen molar-refractivity contribution in [2.24, 2.45) is 5.92 Å². The van der Waals surface area contributed by atoms with Crippen molar-refractivity contribution in [3.05, 3.63) is 53.6 Å². The Hall–Kier alpha value is -2.20. The molecule has 4 rings (SSSR count). The molecule has 1 saturated carbocycles. The van der Waals surface area contributed by atoms with Crippen LogP contribution in [-0.2, 0) is 6.54 Å². The molecule has 2 aromatic rings. The van der Waals surface area contributed by atoms with Crippen LogP contribution in [0.2, 0.25) is 0 Å². The van der Waals surface area contributed by atoms with E-state index in [0.717, 1.165) is 35.3 Å².